The van der Waals surface area contributed by atoms with Crippen molar-refractivity contribution >= 4 is 0 Å². The lowest BCUT2D eigenvalue weighted by molar-refractivity contribution is 0.302. The number of nitrogens with zero attached hydrogens (tertiary/aromatic N) is 1. The summed E-state index contributed by atoms with van der Waals surface area (Å²) < 4.78 is 10.8. The maximum Gasteiger partial charge on any atom is 0.124 e. The van der Waals surface area contributed by atoms with Gasteiger partial charge in [0.25, 0.3) is 0 Å². The Hall–Kier alpha value is -1.69. The predicted molar refractivity (Wildman–Crippen MR) is 72.0 cm³/mol. The van der Waals surface area contributed by atoms with E-state index < -0.39 is 0 Å². The van der Waals surface area contributed by atoms with Crippen LogP contribution in [0.3, 0.4) is 0 Å². The van der Waals surface area contributed by atoms with Gasteiger partial charge in [0.2, 0.25) is 0 Å². The van der Waals surface area contributed by atoms with Crippen LogP contribution in [0.15, 0.2) is 18.2 Å². The minimum absolute atomic E-state index is 0.565. The highest BCUT2D eigenvalue weighted by Gasteiger charge is 2.02. The first-order chi connectivity index (χ1) is 8.80. The first kappa shape index (κ1) is 14.4. The summed E-state index contributed by atoms with van der Waals surface area (Å²) in [5.74, 6) is 1.37. The Morgan fingerprint density at radius 3 is 2.44 bits per heavy atom. The van der Waals surface area contributed by atoms with E-state index in [1.165, 1.54) is 25.7 Å². The Balaban J connectivity index is 2.39. The van der Waals surface area contributed by atoms with Gasteiger partial charge < -0.3 is 9.47 Å². The lowest BCUT2D eigenvalue weighted by Crippen LogP contribution is -1.98. The SMILES string of the molecule is CCCCCCCOc1cc(C#N)cc(OC)c1. The predicted octanol–water partition coefficient (Wildman–Crippen LogP) is 3.92. The van der Waals surface area contributed by atoms with E-state index in [9.17, 15) is 0 Å². The zero-order valence-corrected chi connectivity index (χ0v) is 11.2. The molecule has 0 saturated carbocycles. The van der Waals surface area contributed by atoms with E-state index >= 15 is 0 Å². The summed E-state index contributed by atoms with van der Waals surface area (Å²) >= 11 is 0. The van der Waals surface area contributed by atoms with Crippen molar-refractivity contribution in [3.63, 3.8) is 0 Å². The number of unbranched alkanes of at least 4 members (excludes halogenated alkanes) is 4. The fourth-order valence-electron chi connectivity index (χ4n) is 1.73. The van der Waals surface area contributed by atoms with Crippen LogP contribution in [-0.4, -0.2) is 13.7 Å². The average Bonchev–Trinajstić information content (AvgIpc) is 2.42. The van der Waals surface area contributed by atoms with Gasteiger partial charge in [-0.05, 0) is 18.6 Å². The van der Waals surface area contributed by atoms with Crippen LogP contribution in [0, 0.1) is 11.3 Å². The molecule has 0 amide bonds. The van der Waals surface area contributed by atoms with E-state index in [1.54, 1.807) is 19.2 Å². The lowest BCUT2D eigenvalue weighted by atomic mass is 10.2. The maximum atomic E-state index is 8.89. The van der Waals surface area contributed by atoms with E-state index in [2.05, 4.69) is 13.0 Å². The summed E-state index contributed by atoms with van der Waals surface area (Å²) in [6.07, 6.45) is 6.06. The summed E-state index contributed by atoms with van der Waals surface area (Å²) in [6.45, 7) is 2.90. The largest absolute Gasteiger partial charge is 0.497 e. The third-order valence-electron chi connectivity index (χ3n) is 2.76. The maximum absolute atomic E-state index is 8.89. The smallest absolute Gasteiger partial charge is 0.124 e. The van der Waals surface area contributed by atoms with Crippen LogP contribution in [0.4, 0.5) is 0 Å². The monoisotopic (exact) mass is 247 g/mol. The molecule has 0 radical (unpaired) electrons. The molecule has 0 saturated heterocycles. The van der Waals surface area contributed by atoms with Gasteiger partial charge in [-0.3, -0.25) is 0 Å². The highest BCUT2D eigenvalue weighted by molar-refractivity contribution is 5.43. The van der Waals surface area contributed by atoms with Crippen LogP contribution in [0.2, 0.25) is 0 Å². The molecule has 0 aromatic heterocycles. The molecule has 0 atom stereocenters. The zero-order chi connectivity index (χ0) is 13.2. The fraction of sp³-hybridized carbons (Fsp3) is 0.533. The first-order valence-corrected chi connectivity index (χ1v) is 6.52. The molecule has 0 N–H and O–H groups in total. The summed E-state index contributed by atoms with van der Waals surface area (Å²) in [5.41, 5.74) is 0.565. The van der Waals surface area contributed by atoms with E-state index in [-0.39, 0.29) is 0 Å². The van der Waals surface area contributed by atoms with Gasteiger partial charge in [0.1, 0.15) is 11.5 Å². The van der Waals surface area contributed by atoms with E-state index in [0.29, 0.717) is 23.7 Å². The van der Waals surface area contributed by atoms with E-state index in [4.69, 9.17) is 14.7 Å². The fourth-order valence-corrected chi connectivity index (χ4v) is 1.73. The zero-order valence-electron chi connectivity index (χ0n) is 11.2. The Morgan fingerprint density at radius 1 is 1.06 bits per heavy atom. The van der Waals surface area contributed by atoms with Crippen molar-refractivity contribution in [2.75, 3.05) is 13.7 Å². The second kappa shape index (κ2) is 8.41. The van der Waals surface area contributed by atoms with Crippen molar-refractivity contribution in [2.45, 2.75) is 39.0 Å². The summed E-state index contributed by atoms with van der Waals surface area (Å²) in [6, 6.07) is 7.36. The molecule has 0 aliphatic rings. The van der Waals surface area contributed by atoms with Gasteiger partial charge in [0.15, 0.2) is 0 Å². The molecule has 3 nitrogen and oxygen atoms in total. The normalized spacial score (nSPS) is 9.83. The van der Waals surface area contributed by atoms with Crippen LogP contribution in [0.1, 0.15) is 44.6 Å². The molecule has 3 heteroatoms. The standard InChI is InChI=1S/C15H21NO2/c1-3-4-5-6-7-8-18-15-10-13(12-16)9-14(11-15)17-2/h9-11H,3-8H2,1-2H3. The molecule has 0 aliphatic heterocycles. The number of rotatable bonds is 8. The molecular weight excluding hydrogens is 226 g/mol. The highest BCUT2D eigenvalue weighted by atomic mass is 16.5. The second-order valence-electron chi connectivity index (χ2n) is 4.27. The van der Waals surface area contributed by atoms with Gasteiger partial charge in [-0.1, -0.05) is 32.6 Å². The van der Waals surface area contributed by atoms with Gasteiger partial charge in [0, 0.05) is 6.07 Å². The molecule has 98 valence electrons. The summed E-state index contributed by atoms with van der Waals surface area (Å²) in [5, 5.41) is 8.89. The van der Waals surface area contributed by atoms with Crippen molar-refractivity contribution in [3.8, 4) is 17.6 Å². The van der Waals surface area contributed by atoms with Gasteiger partial charge in [-0.25, -0.2) is 0 Å². The molecule has 1 aromatic rings. The third kappa shape index (κ3) is 5.09. The molecule has 0 fully saturated rings. The molecule has 18 heavy (non-hydrogen) atoms. The minimum atomic E-state index is 0.565. The average molecular weight is 247 g/mol. The highest BCUT2D eigenvalue weighted by Crippen LogP contribution is 2.22. The first-order valence-electron chi connectivity index (χ1n) is 6.52. The van der Waals surface area contributed by atoms with E-state index in [0.717, 1.165) is 6.42 Å². The number of hydrogen-bond donors (Lipinski definition) is 0. The van der Waals surface area contributed by atoms with E-state index in [1.807, 2.05) is 6.07 Å². The molecule has 0 unspecified atom stereocenters. The van der Waals surface area contributed by atoms with Crippen molar-refractivity contribution < 1.29 is 9.47 Å². The van der Waals surface area contributed by atoms with Crippen molar-refractivity contribution in [3.05, 3.63) is 23.8 Å². The number of nitriles is 1. The number of ether oxygens (including phenoxy) is 2. The third-order valence-corrected chi connectivity index (χ3v) is 2.76. The van der Waals surface area contributed by atoms with Crippen LogP contribution in [0.25, 0.3) is 0 Å². The van der Waals surface area contributed by atoms with Crippen LogP contribution >= 0.6 is 0 Å². The van der Waals surface area contributed by atoms with Gasteiger partial charge in [-0.2, -0.15) is 5.26 Å². The minimum Gasteiger partial charge on any atom is -0.497 e. The Labute approximate surface area is 109 Å². The van der Waals surface area contributed by atoms with Crippen molar-refractivity contribution in [2.24, 2.45) is 0 Å². The van der Waals surface area contributed by atoms with Crippen LogP contribution < -0.4 is 9.47 Å². The molecule has 1 aromatic carbocycles. The van der Waals surface area contributed by atoms with Gasteiger partial charge >= 0.3 is 0 Å². The second-order valence-corrected chi connectivity index (χ2v) is 4.27. The number of benzene rings is 1. The topological polar surface area (TPSA) is 42.2 Å². The summed E-state index contributed by atoms with van der Waals surface area (Å²) in [4.78, 5) is 0. The number of hydrogen-bond acceptors (Lipinski definition) is 3. The molecular formula is C15H21NO2. The van der Waals surface area contributed by atoms with Gasteiger partial charge in [-0.15, -0.1) is 0 Å². The Morgan fingerprint density at radius 2 is 1.78 bits per heavy atom. The molecule has 0 heterocycles. The van der Waals surface area contributed by atoms with Crippen molar-refractivity contribution in [1.82, 2.24) is 0 Å². The van der Waals surface area contributed by atoms with Gasteiger partial charge in [0.05, 0.1) is 25.3 Å². The summed E-state index contributed by atoms with van der Waals surface area (Å²) in [7, 11) is 1.59. The lowest BCUT2D eigenvalue weighted by Gasteiger charge is -2.08. The molecule has 0 aliphatic carbocycles. The quantitative estimate of drug-likeness (QED) is 0.654. The molecule has 0 bridgehead atoms. The Bertz CT molecular complexity index is 396. The van der Waals surface area contributed by atoms with Crippen LogP contribution in [-0.2, 0) is 0 Å². The molecule has 1 rings (SSSR count). The number of methoxy groups -OCH3 is 1. The molecule has 0 spiro atoms. The Kier molecular flexibility index (Phi) is 6.71. The van der Waals surface area contributed by atoms with Crippen molar-refractivity contribution in [1.29, 1.82) is 5.26 Å². The van der Waals surface area contributed by atoms with Crippen LogP contribution in [0.5, 0.6) is 11.5 Å².